The average Bonchev–Trinajstić information content (AvgIpc) is 2.43. The minimum absolute atomic E-state index is 0.00330. The molecule has 2 N–H and O–H groups in total. The van der Waals surface area contributed by atoms with E-state index in [-0.39, 0.29) is 11.9 Å². The van der Waals surface area contributed by atoms with Crippen molar-refractivity contribution in [3.05, 3.63) is 29.3 Å². The quantitative estimate of drug-likeness (QED) is 0.774. The Morgan fingerprint density at radius 1 is 1.33 bits per heavy atom. The number of nitrogens with zero attached hydrogens (tertiary/aromatic N) is 1. The molecule has 4 nitrogen and oxygen atoms in total. The first-order valence-corrected chi connectivity index (χ1v) is 7.74. The second kappa shape index (κ2) is 8.67. The molecule has 0 aliphatic carbocycles. The van der Waals surface area contributed by atoms with E-state index in [1.807, 2.05) is 39.2 Å². The Morgan fingerprint density at radius 3 is 2.67 bits per heavy atom. The van der Waals surface area contributed by atoms with Gasteiger partial charge in [-0.05, 0) is 59.5 Å². The summed E-state index contributed by atoms with van der Waals surface area (Å²) in [6, 6.07) is 6.14. The van der Waals surface area contributed by atoms with Crippen LogP contribution in [-0.4, -0.2) is 44.0 Å². The van der Waals surface area contributed by atoms with E-state index in [4.69, 9.17) is 0 Å². The maximum absolute atomic E-state index is 12.5. The molecule has 21 heavy (non-hydrogen) atoms. The molecule has 0 heterocycles. The zero-order valence-electron chi connectivity index (χ0n) is 14.0. The number of hydrogen-bond acceptors (Lipinski definition) is 3. The molecule has 1 unspecified atom stereocenters. The lowest BCUT2D eigenvalue weighted by Crippen LogP contribution is -2.35. The van der Waals surface area contributed by atoms with Crippen LogP contribution in [0.25, 0.3) is 0 Å². The lowest BCUT2D eigenvalue weighted by molar-refractivity contribution is 0.0937. The number of anilines is 1. The number of carbonyl (C=O) groups excluding carboxylic acids is 1. The highest BCUT2D eigenvalue weighted by Crippen LogP contribution is 2.17. The standard InChI is InChI=1S/C17H29N3O/c1-6-10-18-16-8-7-13(2)12-15(16)17(21)19-14(3)9-11-20(4)5/h7-8,12,14,18H,6,9-11H2,1-5H3,(H,19,21). The van der Waals surface area contributed by atoms with Gasteiger partial charge in [0, 0.05) is 18.3 Å². The topological polar surface area (TPSA) is 44.4 Å². The Balaban J connectivity index is 2.73. The molecule has 0 bridgehead atoms. The summed E-state index contributed by atoms with van der Waals surface area (Å²) in [4.78, 5) is 14.6. The summed E-state index contributed by atoms with van der Waals surface area (Å²) in [5.74, 6) is 0.00330. The van der Waals surface area contributed by atoms with Crippen LogP contribution in [0.2, 0.25) is 0 Å². The third-order valence-corrected chi connectivity index (χ3v) is 3.37. The summed E-state index contributed by atoms with van der Waals surface area (Å²) in [5.41, 5.74) is 2.75. The highest BCUT2D eigenvalue weighted by atomic mass is 16.1. The number of aryl methyl sites for hydroxylation is 1. The average molecular weight is 291 g/mol. The number of amides is 1. The molecule has 0 aromatic heterocycles. The van der Waals surface area contributed by atoms with Gasteiger partial charge in [-0.3, -0.25) is 4.79 Å². The maximum atomic E-state index is 12.5. The summed E-state index contributed by atoms with van der Waals surface area (Å²) in [6.07, 6.45) is 1.98. The molecular weight excluding hydrogens is 262 g/mol. The van der Waals surface area contributed by atoms with Gasteiger partial charge in [0.1, 0.15) is 0 Å². The predicted molar refractivity (Wildman–Crippen MR) is 90.1 cm³/mol. The SMILES string of the molecule is CCCNc1ccc(C)cc1C(=O)NC(C)CCN(C)C. The van der Waals surface area contributed by atoms with Gasteiger partial charge in [0.2, 0.25) is 0 Å². The minimum atomic E-state index is 0.00330. The van der Waals surface area contributed by atoms with E-state index in [9.17, 15) is 4.79 Å². The smallest absolute Gasteiger partial charge is 0.253 e. The molecule has 0 saturated heterocycles. The molecule has 0 saturated carbocycles. The van der Waals surface area contributed by atoms with Crippen molar-refractivity contribution in [2.75, 3.05) is 32.5 Å². The van der Waals surface area contributed by atoms with E-state index in [0.29, 0.717) is 0 Å². The van der Waals surface area contributed by atoms with Gasteiger partial charge < -0.3 is 15.5 Å². The fourth-order valence-electron chi connectivity index (χ4n) is 2.09. The molecule has 1 rings (SSSR count). The van der Waals surface area contributed by atoms with Crippen molar-refractivity contribution in [3.63, 3.8) is 0 Å². The second-order valence-corrected chi connectivity index (χ2v) is 5.94. The van der Waals surface area contributed by atoms with Gasteiger partial charge in [-0.1, -0.05) is 18.6 Å². The van der Waals surface area contributed by atoms with Crippen molar-refractivity contribution in [1.29, 1.82) is 0 Å². The Hall–Kier alpha value is -1.55. The molecule has 1 aromatic rings. The van der Waals surface area contributed by atoms with Gasteiger partial charge in [0.25, 0.3) is 5.91 Å². The molecule has 1 amide bonds. The number of rotatable bonds is 8. The summed E-state index contributed by atoms with van der Waals surface area (Å²) in [5, 5.41) is 6.42. The molecule has 0 spiro atoms. The molecule has 0 fully saturated rings. The van der Waals surface area contributed by atoms with E-state index >= 15 is 0 Å². The van der Waals surface area contributed by atoms with E-state index in [2.05, 4.69) is 29.4 Å². The Morgan fingerprint density at radius 2 is 2.05 bits per heavy atom. The zero-order chi connectivity index (χ0) is 15.8. The first-order valence-electron chi connectivity index (χ1n) is 7.74. The number of hydrogen-bond donors (Lipinski definition) is 2. The molecule has 1 atom stereocenters. The molecule has 0 aliphatic heterocycles. The van der Waals surface area contributed by atoms with Crippen molar-refractivity contribution in [2.45, 2.75) is 39.7 Å². The van der Waals surface area contributed by atoms with Crippen molar-refractivity contribution >= 4 is 11.6 Å². The first-order chi connectivity index (χ1) is 9.93. The summed E-state index contributed by atoms with van der Waals surface area (Å²) in [7, 11) is 4.09. The highest BCUT2D eigenvalue weighted by Gasteiger charge is 2.14. The van der Waals surface area contributed by atoms with Crippen LogP contribution in [-0.2, 0) is 0 Å². The summed E-state index contributed by atoms with van der Waals surface area (Å²) < 4.78 is 0. The maximum Gasteiger partial charge on any atom is 0.253 e. The van der Waals surface area contributed by atoms with Gasteiger partial charge in [0.05, 0.1) is 5.56 Å². The van der Waals surface area contributed by atoms with E-state index in [0.717, 1.165) is 42.7 Å². The fourth-order valence-corrected chi connectivity index (χ4v) is 2.09. The van der Waals surface area contributed by atoms with Crippen molar-refractivity contribution in [3.8, 4) is 0 Å². The van der Waals surface area contributed by atoms with Crippen LogP contribution in [0.4, 0.5) is 5.69 Å². The molecule has 0 aliphatic rings. The van der Waals surface area contributed by atoms with Crippen LogP contribution in [0.1, 0.15) is 42.6 Å². The zero-order valence-corrected chi connectivity index (χ0v) is 14.0. The van der Waals surface area contributed by atoms with Gasteiger partial charge in [0.15, 0.2) is 0 Å². The summed E-state index contributed by atoms with van der Waals surface area (Å²) in [6.45, 7) is 8.02. The van der Waals surface area contributed by atoms with Gasteiger partial charge in [-0.2, -0.15) is 0 Å². The van der Waals surface area contributed by atoms with Crippen molar-refractivity contribution in [1.82, 2.24) is 10.2 Å². The Kier molecular flexibility index (Phi) is 7.23. The third kappa shape index (κ3) is 6.17. The van der Waals surface area contributed by atoms with E-state index in [1.54, 1.807) is 0 Å². The largest absolute Gasteiger partial charge is 0.384 e. The van der Waals surface area contributed by atoms with Crippen LogP contribution >= 0.6 is 0 Å². The molecular formula is C17H29N3O. The molecule has 1 aromatic carbocycles. The molecule has 4 heteroatoms. The van der Waals surface area contributed by atoms with Crippen molar-refractivity contribution in [2.24, 2.45) is 0 Å². The van der Waals surface area contributed by atoms with Crippen LogP contribution in [0.15, 0.2) is 18.2 Å². The van der Waals surface area contributed by atoms with Crippen LogP contribution in [0, 0.1) is 6.92 Å². The molecule has 118 valence electrons. The van der Waals surface area contributed by atoms with E-state index in [1.165, 1.54) is 0 Å². The van der Waals surface area contributed by atoms with Crippen LogP contribution in [0.3, 0.4) is 0 Å². The summed E-state index contributed by atoms with van der Waals surface area (Å²) >= 11 is 0. The molecule has 0 radical (unpaired) electrons. The number of benzene rings is 1. The second-order valence-electron chi connectivity index (χ2n) is 5.94. The highest BCUT2D eigenvalue weighted by molar-refractivity contribution is 6.00. The number of nitrogens with one attached hydrogen (secondary N) is 2. The predicted octanol–water partition coefficient (Wildman–Crippen LogP) is 2.89. The normalized spacial score (nSPS) is 12.3. The van der Waals surface area contributed by atoms with Gasteiger partial charge in [-0.25, -0.2) is 0 Å². The minimum Gasteiger partial charge on any atom is -0.384 e. The fraction of sp³-hybridized carbons (Fsp3) is 0.588. The Bertz CT molecular complexity index is 457. The van der Waals surface area contributed by atoms with Gasteiger partial charge >= 0.3 is 0 Å². The van der Waals surface area contributed by atoms with Gasteiger partial charge in [-0.15, -0.1) is 0 Å². The third-order valence-electron chi connectivity index (χ3n) is 3.37. The van der Waals surface area contributed by atoms with Crippen LogP contribution in [0.5, 0.6) is 0 Å². The Labute approximate surface area is 128 Å². The lowest BCUT2D eigenvalue weighted by atomic mass is 10.1. The monoisotopic (exact) mass is 291 g/mol. The first kappa shape index (κ1) is 17.5. The van der Waals surface area contributed by atoms with E-state index < -0.39 is 0 Å². The van der Waals surface area contributed by atoms with Crippen LogP contribution < -0.4 is 10.6 Å². The number of carbonyl (C=O) groups is 1. The lowest BCUT2D eigenvalue weighted by Gasteiger charge is -2.18. The van der Waals surface area contributed by atoms with Crippen molar-refractivity contribution < 1.29 is 4.79 Å².